The maximum atomic E-state index is 13.0. The number of hydrogen-bond donors (Lipinski definition) is 3. The van der Waals surface area contributed by atoms with E-state index in [0.29, 0.717) is 21.3 Å². The summed E-state index contributed by atoms with van der Waals surface area (Å²) in [4.78, 5) is 28.8. The maximum Gasteiger partial charge on any atom is 0.248 e. The van der Waals surface area contributed by atoms with Crippen molar-refractivity contribution in [3.8, 4) is 0 Å². The van der Waals surface area contributed by atoms with Crippen molar-refractivity contribution in [3.05, 3.63) is 33.6 Å². The van der Waals surface area contributed by atoms with Gasteiger partial charge in [0, 0.05) is 29.8 Å². The molecule has 1 unspecified atom stereocenters. The molecule has 166 valence electrons. The number of nitrogens with one attached hydrogen (secondary N) is 3. The highest BCUT2D eigenvalue weighted by Crippen LogP contribution is 2.40. The Hall–Kier alpha value is -2.72. The van der Waals surface area contributed by atoms with Crippen LogP contribution in [0.25, 0.3) is 0 Å². The molecule has 0 aromatic carbocycles. The van der Waals surface area contributed by atoms with E-state index in [4.69, 9.17) is 21.6 Å². The Bertz CT molecular complexity index is 1170. The third-order valence-electron chi connectivity index (χ3n) is 6.30. The summed E-state index contributed by atoms with van der Waals surface area (Å²) < 4.78 is 0.546. The van der Waals surface area contributed by atoms with Crippen molar-refractivity contribution in [2.24, 2.45) is 0 Å². The van der Waals surface area contributed by atoms with E-state index in [0.717, 1.165) is 61.5 Å². The first kappa shape index (κ1) is 19.9. The minimum absolute atomic E-state index is 0.103. The highest BCUT2D eigenvalue weighted by atomic mass is 35.5. The Balaban J connectivity index is 1.26. The van der Waals surface area contributed by atoms with Gasteiger partial charge in [-0.15, -0.1) is 0 Å². The van der Waals surface area contributed by atoms with Gasteiger partial charge in [-0.05, 0) is 44.9 Å². The number of aromatic nitrogens is 5. The topological polar surface area (TPSA) is 112 Å². The quantitative estimate of drug-likeness (QED) is 0.498. The fraction of sp³-hybridized carbons (Fsp3) is 0.476. The number of rotatable bonds is 6. The SMILES string of the molecule is O=C(Nc1ncc(Cl)s1)C1CCCN1c1nc2c(c(Nc3cc(C4CC4)[nH]n3)n1)CCC2. The normalized spacial score (nSPS) is 19.9. The molecule has 3 N–H and O–H groups in total. The summed E-state index contributed by atoms with van der Waals surface area (Å²) >= 11 is 7.20. The highest BCUT2D eigenvalue weighted by Gasteiger charge is 2.34. The number of thiazole rings is 1. The van der Waals surface area contributed by atoms with E-state index in [1.807, 2.05) is 4.90 Å². The first-order chi connectivity index (χ1) is 15.6. The molecule has 1 saturated heterocycles. The number of aryl methyl sites for hydroxylation is 1. The third kappa shape index (κ3) is 3.81. The molecular weight excluding hydrogens is 448 g/mol. The lowest BCUT2D eigenvalue weighted by Crippen LogP contribution is -2.40. The summed E-state index contributed by atoms with van der Waals surface area (Å²) in [5, 5.41) is 14.4. The molecule has 6 rings (SSSR count). The molecule has 3 aromatic rings. The average Bonchev–Trinajstić information content (AvgIpc) is 3.20. The number of carbonyl (C=O) groups is 1. The Kier molecular flexibility index (Phi) is 4.98. The van der Waals surface area contributed by atoms with Gasteiger partial charge in [0.25, 0.3) is 0 Å². The molecule has 1 atom stereocenters. The minimum Gasteiger partial charge on any atom is -0.329 e. The minimum atomic E-state index is -0.336. The standard InChI is InChI=1S/C21H23ClN8OS/c22-16-10-23-21(32-16)27-19(31)15-5-2-8-30(15)20-24-13-4-1-3-12(13)18(26-20)25-17-9-14(28-29-17)11-6-7-11/h9-11,15H,1-8H2,(H,23,27,31)(H2,24,25,26,28,29). The molecule has 9 nitrogen and oxygen atoms in total. The second-order valence-corrected chi connectivity index (χ2v) is 10.2. The molecule has 11 heteroatoms. The number of hydrogen-bond acceptors (Lipinski definition) is 8. The second-order valence-electron chi connectivity index (χ2n) is 8.57. The molecule has 0 bridgehead atoms. The fourth-order valence-corrected chi connectivity index (χ4v) is 5.37. The van der Waals surface area contributed by atoms with Crippen molar-refractivity contribution >= 4 is 51.6 Å². The number of halogens is 1. The molecule has 3 aliphatic rings. The number of anilines is 4. The molecule has 0 radical (unpaired) electrons. The van der Waals surface area contributed by atoms with Crippen LogP contribution < -0.4 is 15.5 Å². The lowest BCUT2D eigenvalue weighted by atomic mass is 10.2. The monoisotopic (exact) mass is 470 g/mol. The number of aromatic amines is 1. The van der Waals surface area contributed by atoms with Crippen molar-refractivity contribution in [3.63, 3.8) is 0 Å². The summed E-state index contributed by atoms with van der Waals surface area (Å²) in [7, 11) is 0. The van der Waals surface area contributed by atoms with Crippen LogP contribution in [0.15, 0.2) is 12.3 Å². The molecule has 4 heterocycles. The predicted molar refractivity (Wildman–Crippen MR) is 124 cm³/mol. The van der Waals surface area contributed by atoms with Crippen molar-refractivity contribution in [1.29, 1.82) is 0 Å². The molecule has 1 amide bonds. The van der Waals surface area contributed by atoms with Crippen molar-refractivity contribution in [1.82, 2.24) is 25.1 Å². The average molecular weight is 471 g/mol. The van der Waals surface area contributed by atoms with Crippen LogP contribution in [0.3, 0.4) is 0 Å². The van der Waals surface area contributed by atoms with Gasteiger partial charge in [0.1, 0.15) is 16.2 Å². The zero-order chi connectivity index (χ0) is 21.7. The van der Waals surface area contributed by atoms with E-state index in [2.05, 4.69) is 31.9 Å². The van der Waals surface area contributed by atoms with E-state index in [-0.39, 0.29) is 11.9 Å². The van der Waals surface area contributed by atoms with Gasteiger partial charge in [0.05, 0.1) is 11.9 Å². The predicted octanol–water partition coefficient (Wildman–Crippen LogP) is 4.03. The summed E-state index contributed by atoms with van der Waals surface area (Å²) in [6.45, 7) is 0.739. The van der Waals surface area contributed by atoms with Crippen molar-refractivity contribution < 1.29 is 4.79 Å². The van der Waals surface area contributed by atoms with Crippen LogP contribution >= 0.6 is 22.9 Å². The Morgan fingerprint density at radius 3 is 2.94 bits per heavy atom. The van der Waals surface area contributed by atoms with Gasteiger partial charge in [-0.1, -0.05) is 22.9 Å². The molecule has 32 heavy (non-hydrogen) atoms. The molecule has 2 aliphatic carbocycles. The van der Waals surface area contributed by atoms with Crippen LogP contribution in [0, 0.1) is 0 Å². The van der Waals surface area contributed by atoms with E-state index >= 15 is 0 Å². The summed E-state index contributed by atoms with van der Waals surface area (Å²) in [5.74, 6) is 2.69. The Morgan fingerprint density at radius 2 is 2.12 bits per heavy atom. The summed E-state index contributed by atoms with van der Waals surface area (Å²) in [5.41, 5.74) is 3.40. The molecule has 1 saturated carbocycles. The van der Waals surface area contributed by atoms with Gasteiger partial charge in [-0.3, -0.25) is 9.89 Å². The first-order valence-corrected chi connectivity index (χ1v) is 12.2. The number of carbonyl (C=O) groups excluding carboxylic acids is 1. The van der Waals surface area contributed by atoms with Crippen LogP contribution in [-0.4, -0.2) is 43.6 Å². The van der Waals surface area contributed by atoms with Crippen LogP contribution in [0.1, 0.15) is 55.0 Å². The number of amides is 1. The van der Waals surface area contributed by atoms with Gasteiger partial charge in [-0.2, -0.15) is 10.1 Å². The fourth-order valence-electron chi connectivity index (χ4n) is 4.56. The van der Waals surface area contributed by atoms with Crippen LogP contribution in [-0.2, 0) is 17.6 Å². The van der Waals surface area contributed by atoms with Crippen LogP contribution in [0.2, 0.25) is 4.34 Å². The maximum absolute atomic E-state index is 13.0. The first-order valence-electron chi connectivity index (χ1n) is 11.0. The van der Waals surface area contributed by atoms with E-state index in [1.54, 1.807) is 6.20 Å². The number of fused-ring (bicyclic) bond motifs is 1. The molecular formula is C21H23ClN8OS. The van der Waals surface area contributed by atoms with Gasteiger partial charge < -0.3 is 15.5 Å². The molecule has 0 spiro atoms. The van der Waals surface area contributed by atoms with E-state index in [1.165, 1.54) is 29.9 Å². The van der Waals surface area contributed by atoms with Gasteiger partial charge in [-0.25, -0.2) is 9.97 Å². The summed E-state index contributed by atoms with van der Waals surface area (Å²) in [6.07, 6.45) is 8.58. The van der Waals surface area contributed by atoms with Crippen LogP contribution in [0.5, 0.6) is 0 Å². The lowest BCUT2D eigenvalue weighted by Gasteiger charge is -2.24. The Morgan fingerprint density at radius 1 is 1.22 bits per heavy atom. The smallest absolute Gasteiger partial charge is 0.248 e. The Labute approximate surface area is 194 Å². The molecule has 1 aliphatic heterocycles. The third-order valence-corrected chi connectivity index (χ3v) is 7.33. The van der Waals surface area contributed by atoms with E-state index < -0.39 is 0 Å². The highest BCUT2D eigenvalue weighted by molar-refractivity contribution is 7.19. The molecule has 3 aromatic heterocycles. The lowest BCUT2D eigenvalue weighted by molar-refractivity contribution is -0.117. The van der Waals surface area contributed by atoms with Crippen molar-refractivity contribution in [2.75, 3.05) is 22.1 Å². The molecule has 2 fully saturated rings. The number of H-pyrrole nitrogens is 1. The number of nitrogens with zero attached hydrogens (tertiary/aromatic N) is 5. The zero-order valence-electron chi connectivity index (χ0n) is 17.4. The van der Waals surface area contributed by atoms with Crippen molar-refractivity contribution in [2.45, 2.75) is 56.9 Å². The van der Waals surface area contributed by atoms with Crippen LogP contribution in [0.4, 0.5) is 22.7 Å². The van der Waals surface area contributed by atoms with Gasteiger partial charge >= 0.3 is 0 Å². The van der Waals surface area contributed by atoms with Gasteiger partial charge in [0.15, 0.2) is 10.9 Å². The largest absolute Gasteiger partial charge is 0.329 e. The summed E-state index contributed by atoms with van der Waals surface area (Å²) in [6, 6.07) is 1.74. The van der Waals surface area contributed by atoms with E-state index in [9.17, 15) is 4.79 Å². The second kappa shape index (κ2) is 8.00. The zero-order valence-corrected chi connectivity index (χ0v) is 19.0. The van der Waals surface area contributed by atoms with Gasteiger partial charge in [0.2, 0.25) is 11.9 Å².